The van der Waals surface area contributed by atoms with Crippen LogP contribution in [0.5, 0.6) is 0 Å². The van der Waals surface area contributed by atoms with E-state index in [0.29, 0.717) is 16.8 Å². The van der Waals surface area contributed by atoms with Gasteiger partial charge >= 0.3 is 13.3 Å². The Kier molecular flexibility index (Phi) is 3.95. The Morgan fingerprint density at radius 3 is 2.45 bits per heavy atom. The van der Waals surface area contributed by atoms with Crippen molar-refractivity contribution in [2.45, 2.75) is 31.0 Å². The molecule has 0 amide bonds. The molecular formula is C13H13BBrF3O2. The molecule has 20 heavy (non-hydrogen) atoms. The van der Waals surface area contributed by atoms with Crippen molar-refractivity contribution in [2.75, 3.05) is 0 Å². The van der Waals surface area contributed by atoms with Crippen molar-refractivity contribution >= 4 is 28.5 Å². The molecule has 0 bridgehead atoms. The Hall–Kier alpha value is -0.945. The fourth-order valence-electron chi connectivity index (χ4n) is 1.88. The van der Waals surface area contributed by atoms with Crippen LogP contribution in [-0.4, -0.2) is 12.7 Å². The van der Waals surface area contributed by atoms with Crippen LogP contribution in [0.15, 0.2) is 30.5 Å². The summed E-state index contributed by atoms with van der Waals surface area (Å²) in [5.74, 6) is 0.461. The van der Waals surface area contributed by atoms with Crippen molar-refractivity contribution in [1.29, 1.82) is 0 Å². The van der Waals surface area contributed by atoms with E-state index in [9.17, 15) is 13.2 Å². The fourth-order valence-corrected chi connectivity index (χ4v) is 2.37. The van der Waals surface area contributed by atoms with Crippen molar-refractivity contribution in [1.82, 2.24) is 0 Å². The molecule has 2 rings (SSSR count). The summed E-state index contributed by atoms with van der Waals surface area (Å²) >= 11 is 3.20. The topological polar surface area (TPSA) is 18.5 Å². The SMILES string of the molecule is C=C1OB(c2ccc(C(F)(F)F)cc2CBr)OC1(C)C. The molecule has 0 saturated carbocycles. The van der Waals surface area contributed by atoms with Crippen LogP contribution in [0.3, 0.4) is 0 Å². The first-order valence-electron chi connectivity index (χ1n) is 5.95. The van der Waals surface area contributed by atoms with Crippen molar-refractivity contribution < 1.29 is 22.5 Å². The monoisotopic (exact) mass is 348 g/mol. The number of rotatable bonds is 2. The van der Waals surface area contributed by atoms with Crippen LogP contribution in [0, 0.1) is 0 Å². The van der Waals surface area contributed by atoms with Gasteiger partial charge in [0.05, 0.1) is 11.3 Å². The minimum atomic E-state index is -4.37. The summed E-state index contributed by atoms with van der Waals surface area (Å²) in [5.41, 5.74) is -0.291. The van der Waals surface area contributed by atoms with Gasteiger partial charge in [-0.25, -0.2) is 0 Å². The van der Waals surface area contributed by atoms with Gasteiger partial charge in [0.25, 0.3) is 0 Å². The molecule has 0 spiro atoms. The van der Waals surface area contributed by atoms with Crippen LogP contribution < -0.4 is 5.46 Å². The van der Waals surface area contributed by atoms with Gasteiger partial charge in [-0.2, -0.15) is 13.2 Å². The maximum absolute atomic E-state index is 12.7. The normalized spacial score (nSPS) is 18.3. The molecule has 0 aliphatic carbocycles. The van der Waals surface area contributed by atoms with E-state index in [1.165, 1.54) is 6.07 Å². The van der Waals surface area contributed by atoms with E-state index in [1.54, 1.807) is 13.8 Å². The molecule has 0 atom stereocenters. The second kappa shape index (κ2) is 5.11. The lowest BCUT2D eigenvalue weighted by Gasteiger charge is -2.16. The summed E-state index contributed by atoms with van der Waals surface area (Å²) < 4.78 is 49.3. The number of halogens is 4. The second-order valence-electron chi connectivity index (χ2n) is 5.05. The first kappa shape index (κ1) is 15.4. The predicted octanol–water partition coefficient (Wildman–Crippen LogP) is 3.63. The summed E-state index contributed by atoms with van der Waals surface area (Å²) in [5, 5.41) is 0.280. The fraction of sp³-hybridized carbons (Fsp3) is 0.385. The molecule has 0 aromatic heterocycles. The third kappa shape index (κ3) is 2.88. The molecule has 1 aromatic rings. The van der Waals surface area contributed by atoms with Gasteiger partial charge in [-0.3, -0.25) is 0 Å². The Morgan fingerprint density at radius 2 is 2.00 bits per heavy atom. The van der Waals surface area contributed by atoms with Crippen molar-refractivity contribution in [3.8, 4) is 0 Å². The third-order valence-corrected chi connectivity index (χ3v) is 3.79. The van der Waals surface area contributed by atoms with Gasteiger partial charge in [0, 0.05) is 10.8 Å². The van der Waals surface area contributed by atoms with Gasteiger partial charge in [-0.1, -0.05) is 34.6 Å². The van der Waals surface area contributed by atoms with Crippen LogP contribution in [0.4, 0.5) is 13.2 Å². The summed E-state index contributed by atoms with van der Waals surface area (Å²) in [6.45, 7) is 7.35. The largest absolute Gasteiger partial charge is 0.563 e. The average molecular weight is 349 g/mol. The molecule has 0 N–H and O–H groups in total. The van der Waals surface area contributed by atoms with Gasteiger partial charge in [-0.05, 0) is 25.5 Å². The zero-order chi connectivity index (χ0) is 15.1. The molecule has 1 saturated heterocycles. The van der Waals surface area contributed by atoms with Crippen molar-refractivity contribution in [3.05, 3.63) is 41.7 Å². The average Bonchev–Trinajstić information content (AvgIpc) is 2.62. The highest BCUT2D eigenvalue weighted by Crippen LogP contribution is 2.32. The Labute approximate surface area is 124 Å². The first-order chi connectivity index (χ1) is 9.15. The van der Waals surface area contributed by atoms with Crippen LogP contribution in [-0.2, 0) is 20.8 Å². The minimum absolute atomic E-state index is 0.280. The summed E-state index contributed by atoms with van der Waals surface area (Å²) in [7, 11) is -0.729. The summed E-state index contributed by atoms with van der Waals surface area (Å²) in [6.07, 6.45) is -4.37. The van der Waals surface area contributed by atoms with Crippen molar-refractivity contribution in [2.24, 2.45) is 0 Å². The Bertz CT molecular complexity index is 543. The summed E-state index contributed by atoms with van der Waals surface area (Å²) in [6, 6.07) is 3.52. The Balaban J connectivity index is 2.37. The first-order valence-corrected chi connectivity index (χ1v) is 7.07. The molecule has 1 aliphatic heterocycles. The molecule has 0 unspecified atom stereocenters. The highest BCUT2D eigenvalue weighted by Gasteiger charge is 2.44. The van der Waals surface area contributed by atoms with E-state index in [2.05, 4.69) is 22.5 Å². The molecule has 1 aliphatic rings. The van der Waals surface area contributed by atoms with Gasteiger partial charge in [0.2, 0.25) is 0 Å². The lowest BCUT2D eigenvalue weighted by Crippen LogP contribution is -2.37. The van der Waals surface area contributed by atoms with E-state index in [0.717, 1.165) is 12.1 Å². The number of alkyl halides is 4. The second-order valence-corrected chi connectivity index (χ2v) is 5.61. The van der Waals surface area contributed by atoms with E-state index in [-0.39, 0.29) is 5.33 Å². The molecule has 1 heterocycles. The molecule has 2 nitrogen and oxygen atoms in total. The van der Waals surface area contributed by atoms with Crippen molar-refractivity contribution in [3.63, 3.8) is 0 Å². The zero-order valence-corrected chi connectivity index (χ0v) is 12.6. The van der Waals surface area contributed by atoms with Crippen LogP contribution in [0.1, 0.15) is 25.0 Å². The standard InChI is InChI=1S/C13H13BBrF3O2/c1-8-12(2,3)20-14(19-8)11-5-4-10(13(16,17)18)6-9(11)7-15/h4-6H,1,7H2,2-3H3. The Morgan fingerprint density at radius 1 is 1.35 bits per heavy atom. The number of benzene rings is 1. The van der Waals surface area contributed by atoms with Gasteiger partial charge in [0.15, 0.2) is 0 Å². The highest BCUT2D eigenvalue weighted by molar-refractivity contribution is 9.08. The lowest BCUT2D eigenvalue weighted by atomic mass is 9.76. The van der Waals surface area contributed by atoms with E-state index in [4.69, 9.17) is 9.31 Å². The number of hydrogen-bond donors (Lipinski definition) is 0. The summed E-state index contributed by atoms with van der Waals surface area (Å²) in [4.78, 5) is 0. The third-order valence-electron chi connectivity index (χ3n) is 3.19. The van der Waals surface area contributed by atoms with Gasteiger partial charge < -0.3 is 9.31 Å². The van der Waals surface area contributed by atoms with Crippen LogP contribution >= 0.6 is 15.9 Å². The molecular weight excluding hydrogens is 336 g/mol. The molecule has 1 fully saturated rings. The quantitative estimate of drug-likeness (QED) is 0.600. The van der Waals surface area contributed by atoms with Crippen LogP contribution in [0.25, 0.3) is 0 Å². The van der Waals surface area contributed by atoms with Gasteiger partial charge in [-0.15, -0.1) is 0 Å². The highest BCUT2D eigenvalue weighted by atomic mass is 79.9. The minimum Gasteiger partial charge on any atom is -0.534 e. The molecule has 7 heteroatoms. The van der Waals surface area contributed by atoms with E-state index >= 15 is 0 Å². The maximum atomic E-state index is 12.7. The van der Waals surface area contributed by atoms with Crippen LogP contribution in [0.2, 0.25) is 0 Å². The molecule has 108 valence electrons. The predicted molar refractivity (Wildman–Crippen MR) is 74.9 cm³/mol. The number of hydrogen-bond acceptors (Lipinski definition) is 2. The smallest absolute Gasteiger partial charge is 0.534 e. The van der Waals surface area contributed by atoms with Gasteiger partial charge in [0.1, 0.15) is 5.60 Å². The zero-order valence-electron chi connectivity index (χ0n) is 11.1. The lowest BCUT2D eigenvalue weighted by molar-refractivity contribution is -0.137. The maximum Gasteiger partial charge on any atom is 0.563 e. The molecule has 1 aromatic carbocycles. The van der Waals surface area contributed by atoms with E-state index < -0.39 is 24.5 Å². The van der Waals surface area contributed by atoms with E-state index in [1.807, 2.05) is 0 Å². The molecule has 0 radical (unpaired) electrons.